The van der Waals surface area contributed by atoms with Crippen LogP contribution in [-0.2, 0) is 0 Å². The molecule has 3 heterocycles. The molecule has 7 heteroatoms. The van der Waals surface area contributed by atoms with Gasteiger partial charge in [0.2, 0.25) is 0 Å². The first-order valence-corrected chi connectivity index (χ1v) is 6.47. The molecule has 0 atom stereocenters. The number of amides is 1. The van der Waals surface area contributed by atoms with Crippen LogP contribution in [0.3, 0.4) is 0 Å². The molecular formula is C10H6N4OS2. The van der Waals surface area contributed by atoms with E-state index in [0.29, 0.717) is 11.5 Å². The van der Waals surface area contributed by atoms with Gasteiger partial charge in [0.25, 0.3) is 5.91 Å². The number of aromatic nitrogens is 3. The number of thiophene rings is 1. The van der Waals surface area contributed by atoms with Gasteiger partial charge in [0, 0.05) is 21.7 Å². The Morgan fingerprint density at radius 3 is 3.12 bits per heavy atom. The molecule has 3 rings (SSSR count). The van der Waals surface area contributed by atoms with Crippen molar-refractivity contribution >= 4 is 44.7 Å². The number of nitrogens with one attached hydrogen (secondary N) is 1. The van der Waals surface area contributed by atoms with E-state index in [0.717, 1.165) is 21.6 Å². The van der Waals surface area contributed by atoms with Crippen LogP contribution >= 0.6 is 22.9 Å². The minimum atomic E-state index is -0.287. The summed E-state index contributed by atoms with van der Waals surface area (Å²) in [5.74, 6) is 0.270. The fourth-order valence-electron chi connectivity index (χ4n) is 1.43. The van der Waals surface area contributed by atoms with Crippen LogP contribution in [0.25, 0.3) is 10.1 Å². The van der Waals surface area contributed by atoms with Crippen LogP contribution in [0.2, 0.25) is 0 Å². The molecule has 5 nitrogen and oxygen atoms in total. The molecule has 0 aliphatic rings. The van der Waals surface area contributed by atoms with Crippen molar-refractivity contribution in [1.29, 1.82) is 0 Å². The Morgan fingerprint density at radius 2 is 2.29 bits per heavy atom. The first-order chi connectivity index (χ1) is 8.34. The summed E-state index contributed by atoms with van der Waals surface area (Å²) < 4.78 is 4.74. The van der Waals surface area contributed by atoms with Gasteiger partial charge in [-0.25, -0.2) is 4.98 Å². The van der Waals surface area contributed by atoms with Crippen molar-refractivity contribution in [3.8, 4) is 0 Å². The number of fused-ring (bicyclic) bond motifs is 1. The number of hydrogen-bond acceptors (Lipinski definition) is 6. The fourth-order valence-corrected chi connectivity index (χ4v) is 2.65. The van der Waals surface area contributed by atoms with Crippen LogP contribution in [-0.4, -0.2) is 20.5 Å². The zero-order chi connectivity index (χ0) is 11.7. The van der Waals surface area contributed by atoms with Gasteiger partial charge in [0.05, 0.1) is 0 Å². The Morgan fingerprint density at radius 1 is 1.35 bits per heavy atom. The molecule has 0 fully saturated rings. The molecule has 1 amide bonds. The summed E-state index contributed by atoms with van der Waals surface area (Å²) >= 11 is 2.75. The Balaban J connectivity index is 1.95. The van der Waals surface area contributed by atoms with Crippen LogP contribution in [0, 0.1) is 0 Å². The van der Waals surface area contributed by atoms with E-state index in [2.05, 4.69) is 19.9 Å². The molecule has 0 saturated heterocycles. The summed E-state index contributed by atoms with van der Waals surface area (Å²) in [6, 6.07) is 3.85. The van der Waals surface area contributed by atoms with E-state index in [-0.39, 0.29) is 5.91 Å². The molecule has 3 aromatic heterocycles. The van der Waals surface area contributed by atoms with E-state index in [4.69, 9.17) is 0 Å². The SMILES string of the molecule is O=C(Nc1nccc2sccc12)c1csnn1. The summed E-state index contributed by atoms with van der Waals surface area (Å²) in [5, 5.41) is 10.9. The second-order valence-electron chi connectivity index (χ2n) is 3.24. The van der Waals surface area contributed by atoms with Crippen molar-refractivity contribution in [2.24, 2.45) is 0 Å². The molecule has 0 bridgehead atoms. The van der Waals surface area contributed by atoms with Crippen LogP contribution in [0.15, 0.2) is 29.1 Å². The number of pyridine rings is 1. The molecule has 17 heavy (non-hydrogen) atoms. The Labute approximate surface area is 104 Å². The topological polar surface area (TPSA) is 67.8 Å². The van der Waals surface area contributed by atoms with Crippen molar-refractivity contribution in [1.82, 2.24) is 14.6 Å². The lowest BCUT2D eigenvalue weighted by atomic mass is 10.3. The normalized spacial score (nSPS) is 10.6. The molecule has 0 aliphatic carbocycles. The maximum Gasteiger partial charge on any atom is 0.278 e. The Kier molecular flexibility index (Phi) is 2.54. The third kappa shape index (κ3) is 1.90. The van der Waals surface area contributed by atoms with Crippen LogP contribution in [0.1, 0.15) is 10.5 Å². The van der Waals surface area contributed by atoms with E-state index in [1.165, 1.54) is 0 Å². The van der Waals surface area contributed by atoms with Crippen molar-refractivity contribution in [2.75, 3.05) is 5.32 Å². The molecule has 0 radical (unpaired) electrons. The molecule has 0 aromatic carbocycles. The lowest BCUT2D eigenvalue weighted by Crippen LogP contribution is -2.13. The van der Waals surface area contributed by atoms with E-state index in [1.807, 2.05) is 17.5 Å². The highest BCUT2D eigenvalue weighted by Gasteiger charge is 2.11. The number of nitrogens with zero attached hydrogens (tertiary/aromatic N) is 3. The Hall–Kier alpha value is -1.86. The van der Waals surface area contributed by atoms with Gasteiger partial charge < -0.3 is 5.32 Å². The second kappa shape index (κ2) is 4.19. The summed E-state index contributed by atoms with van der Waals surface area (Å²) in [6.45, 7) is 0. The summed E-state index contributed by atoms with van der Waals surface area (Å²) in [6.07, 6.45) is 1.67. The zero-order valence-electron chi connectivity index (χ0n) is 8.45. The number of hydrogen-bond donors (Lipinski definition) is 1. The molecule has 3 aromatic rings. The van der Waals surface area contributed by atoms with Gasteiger partial charge >= 0.3 is 0 Å². The molecule has 0 unspecified atom stereocenters. The summed E-state index contributed by atoms with van der Waals surface area (Å²) in [7, 11) is 0. The van der Waals surface area contributed by atoms with E-state index in [9.17, 15) is 4.79 Å². The molecule has 0 saturated carbocycles. The maximum absolute atomic E-state index is 11.8. The van der Waals surface area contributed by atoms with Crippen LogP contribution < -0.4 is 5.32 Å². The van der Waals surface area contributed by atoms with E-state index < -0.39 is 0 Å². The Bertz CT molecular complexity index is 662. The largest absolute Gasteiger partial charge is 0.305 e. The lowest BCUT2D eigenvalue weighted by Gasteiger charge is -2.02. The summed E-state index contributed by atoms with van der Waals surface area (Å²) in [4.78, 5) is 16.0. The number of carbonyl (C=O) groups excluding carboxylic acids is 1. The lowest BCUT2D eigenvalue weighted by molar-refractivity contribution is 0.102. The highest BCUT2D eigenvalue weighted by atomic mass is 32.1. The third-order valence-electron chi connectivity index (χ3n) is 2.20. The van der Waals surface area contributed by atoms with Gasteiger partial charge in [0.1, 0.15) is 5.82 Å². The van der Waals surface area contributed by atoms with E-state index in [1.54, 1.807) is 22.9 Å². The van der Waals surface area contributed by atoms with Gasteiger partial charge in [0.15, 0.2) is 5.69 Å². The van der Waals surface area contributed by atoms with Gasteiger partial charge in [-0.3, -0.25) is 4.79 Å². The predicted octanol–water partition coefficient (Wildman–Crippen LogP) is 2.40. The van der Waals surface area contributed by atoms with Crippen LogP contribution in [0.5, 0.6) is 0 Å². The van der Waals surface area contributed by atoms with Gasteiger partial charge in [-0.1, -0.05) is 4.49 Å². The minimum absolute atomic E-state index is 0.287. The third-order valence-corrected chi connectivity index (χ3v) is 3.59. The minimum Gasteiger partial charge on any atom is -0.305 e. The van der Waals surface area contributed by atoms with Crippen molar-refractivity contribution in [3.05, 3.63) is 34.8 Å². The maximum atomic E-state index is 11.8. The standard InChI is InChI=1S/C10H6N4OS2/c15-10(7-5-17-14-13-7)12-9-6-2-4-16-8(6)1-3-11-9/h1-5H,(H,11,12,15). The summed E-state index contributed by atoms with van der Waals surface area (Å²) in [5.41, 5.74) is 0.309. The number of carbonyl (C=O) groups is 1. The second-order valence-corrected chi connectivity index (χ2v) is 4.79. The highest BCUT2D eigenvalue weighted by Crippen LogP contribution is 2.25. The first kappa shape index (κ1) is 10.3. The number of anilines is 1. The molecule has 0 spiro atoms. The zero-order valence-corrected chi connectivity index (χ0v) is 10.1. The molecule has 1 N–H and O–H groups in total. The van der Waals surface area contributed by atoms with Crippen molar-refractivity contribution in [2.45, 2.75) is 0 Å². The van der Waals surface area contributed by atoms with Gasteiger partial charge in [-0.15, -0.1) is 16.4 Å². The van der Waals surface area contributed by atoms with Gasteiger partial charge in [-0.2, -0.15) is 0 Å². The number of rotatable bonds is 2. The fraction of sp³-hybridized carbons (Fsp3) is 0. The first-order valence-electron chi connectivity index (χ1n) is 4.75. The monoisotopic (exact) mass is 262 g/mol. The average molecular weight is 262 g/mol. The average Bonchev–Trinajstić information content (AvgIpc) is 3.00. The smallest absolute Gasteiger partial charge is 0.278 e. The molecule has 84 valence electrons. The van der Waals surface area contributed by atoms with Gasteiger partial charge in [-0.05, 0) is 29.0 Å². The quantitative estimate of drug-likeness (QED) is 0.770. The van der Waals surface area contributed by atoms with E-state index >= 15 is 0 Å². The van der Waals surface area contributed by atoms with Crippen molar-refractivity contribution < 1.29 is 4.79 Å². The van der Waals surface area contributed by atoms with Crippen molar-refractivity contribution in [3.63, 3.8) is 0 Å². The molecule has 0 aliphatic heterocycles. The molecular weight excluding hydrogens is 256 g/mol. The van der Waals surface area contributed by atoms with Crippen LogP contribution in [0.4, 0.5) is 5.82 Å². The highest BCUT2D eigenvalue weighted by molar-refractivity contribution is 7.17. The predicted molar refractivity (Wildman–Crippen MR) is 67.5 cm³/mol.